The van der Waals surface area contributed by atoms with E-state index < -0.39 is 12.1 Å². The fourth-order valence-corrected chi connectivity index (χ4v) is 3.54. The zero-order valence-electron chi connectivity index (χ0n) is 14.6. The van der Waals surface area contributed by atoms with E-state index in [0.717, 1.165) is 22.0 Å². The monoisotopic (exact) mass is 383 g/mol. The van der Waals surface area contributed by atoms with E-state index in [1.807, 2.05) is 36.4 Å². The fraction of sp³-hybridized carbons (Fsp3) is 0.200. The average Bonchev–Trinajstić information content (AvgIpc) is 3.28. The highest BCUT2D eigenvalue weighted by Crippen LogP contribution is 2.35. The van der Waals surface area contributed by atoms with Gasteiger partial charge in [-0.1, -0.05) is 30.3 Å². The Balaban J connectivity index is 1.78. The third-order valence-corrected chi connectivity index (χ3v) is 4.98. The minimum absolute atomic E-state index is 0.218. The SMILES string of the molecule is COc1ccc([C@@H]2[C@H](O)C(c3c[nH]c4ccccc34)=NN2C(=O)CCl)cc1. The van der Waals surface area contributed by atoms with Crippen LogP contribution in [0.1, 0.15) is 17.2 Å². The van der Waals surface area contributed by atoms with Gasteiger partial charge < -0.3 is 14.8 Å². The Hall–Kier alpha value is -2.83. The van der Waals surface area contributed by atoms with Crippen LogP contribution in [0.25, 0.3) is 10.9 Å². The largest absolute Gasteiger partial charge is 0.497 e. The van der Waals surface area contributed by atoms with E-state index in [2.05, 4.69) is 10.1 Å². The first-order valence-corrected chi connectivity index (χ1v) is 9.02. The van der Waals surface area contributed by atoms with Crippen LogP contribution < -0.4 is 4.74 Å². The summed E-state index contributed by atoms with van der Waals surface area (Å²) in [5, 5.41) is 17.7. The van der Waals surface area contributed by atoms with Gasteiger partial charge in [0.2, 0.25) is 0 Å². The number of rotatable bonds is 4. The second kappa shape index (κ2) is 7.06. The molecule has 2 heterocycles. The number of carbonyl (C=O) groups is 1. The number of aromatic amines is 1. The Labute approximate surface area is 161 Å². The molecule has 0 aliphatic carbocycles. The van der Waals surface area contributed by atoms with E-state index in [1.54, 1.807) is 25.4 Å². The van der Waals surface area contributed by atoms with Crippen LogP contribution in [0.2, 0.25) is 0 Å². The van der Waals surface area contributed by atoms with Crippen molar-refractivity contribution in [3.8, 4) is 5.75 Å². The standard InChI is InChI=1S/C20H18ClN3O3/c1-27-13-8-6-12(7-9-13)19-20(26)18(23-24(19)17(25)10-21)15-11-22-16-5-3-2-4-14(15)16/h2-9,11,19-20,22,26H,10H2,1H3/t19-,20-/m1/s1. The number of alkyl halides is 1. The van der Waals surface area contributed by atoms with Crippen molar-refractivity contribution in [1.82, 2.24) is 9.99 Å². The van der Waals surface area contributed by atoms with Gasteiger partial charge in [-0.3, -0.25) is 4.79 Å². The minimum atomic E-state index is -0.982. The number of aliphatic hydroxyl groups is 1. The molecule has 2 N–H and O–H groups in total. The average molecular weight is 384 g/mol. The van der Waals surface area contributed by atoms with E-state index in [9.17, 15) is 9.90 Å². The summed E-state index contributed by atoms with van der Waals surface area (Å²) in [6.45, 7) is 0. The lowest BCUT2D eigenvalue weighted by atomic mass is 9.95. The zero-order chi connectivity index (χ0) is 19.0. The lowest BCUT2D eigenvalue weighted by Gasteiger charge is -2.24. The van der Waals surface area contributed by atoms with Crippen molar-refractivity contribution in [1.29, 1.82) is 0 Å². The lowest BCUT2D eigenvalue weighted by Crippen LogP contribution is -2.34. The highest BCUT2D eigenvalue weighted by Gasteiger charge is 2.41. The van der Waals surface area contributed by atoms with Crippen molar-refractivity contribution >= 4 is 34.1 Å². The maximum absolute atomic E-state index is 12.4. The smallest absolute Gasteiger partial charge is 0.258 e. The molecular formula is C20H18ClN3O3. The van der Waals surface area contributed by atoms with Crippen molar-refractivity contribution in [2.75, 3.05) is 13.0 Å². The summed E-state index contributed by atoms with van der Waals surface area (Å²) in [6, 6.07) is 14.3. The predicted octanol–water partition coefficient (Wildman–Crippen LogP) is 3.06. The molecule has 3 aromatic rings. The number of nitrogens with one attached hydrogen (secondary N) is 1. The van der Waals surface area contributed by atoms with Gasteiger partial charge in [-0.2, -0.15) is 5.10 Å². The van der Waals surface area contributed by atoms with Crippen LogP contribution in [0, 0.1) is 0 Å². The van der Waals surface area contributed by atoms with Gasteiger partial charge in [0.15, 0.2) is 0 Å². The zero-order valence-corrected chi connectivity index (χ0v) is 15.3. The van der Waals surface area contributed by atoms with Crippen LogP contribution in [0.15, 0.2) is 59.8 Å². The molecule has 1 aliphatic heterocycles. The van der Waals surface area contributed by atoms with Gasteiger partial charge in [-0.15, -0.1) is 11.6 Å². The van der Waals surface area contributed by atoms with E-state index in [4.69, 9.17) is 16.3 Å². The molecule has 2 aromatic carbocycles. The highest BCUT2D eigenvalue weighted by molar-refractivity contribution is 6.27. The van der Waals surface area contributed by atoms with E-state index in [0.29, 0.717) is 11.5 Å². The van der Waals surface area contributed by atoms with Crippen molar-refractivity contribution in [3.63, 3.8) is 0 Å². The molecule has 0 fully saturated rings. The number of halogens is 1. The number of benzene rings is 2. The van der Waals surface area contributed by atoms with Crippen molar-refractivity contribution in [2.24, 2.45) is 5.10 Å². The molecule has 27 heavy (non-hydrogen) atoms. The summed E-state index contributed by atoms with van der Waals surface area (Å²) < 4.78 is 5.19. The summed E-state index contributed by atoms with van der Waals surface area (Å²) in [4.78, 5) is 15.6. The molecule has 0 saturated heterocycles. The maximum atomic E-state index is 12.4. The number of hydrazone groups is 1. The van der Waals surface area contributed by atoms with Gasteiger partial charge in [0.25, 0.3) is 5.91 Å². The van der Waals surface area contributed by atoms with Gasteiger partial charge in [0.1, 0.15) is 29.5 Å². The molecule has 4 rings (SSSR count). The van der Waals surface area contributed by atoms with E-state index in [-0.39, 0.29) is 11.8 Å². The number of ether oxygens (including phenoxy) is 1. The summed E-state index contributed by atoms with van der Waals surface area (Å²) in [5.74, 6) is 0.106. The third kappa shape index (κ3) is 2.97. The van der Waals surface area contributed by atoms with Gasteiger partial charge in [-0.05, 0) is 23.8 Å². The molecule has 0 bridgehead atoms. The van der Waals surface area contributed by atoms with Crippen LogP contribution in [0.3, 0.4) is 0 Å². The highest BCUT2D eigenvalue weighted by atomic mass is 35.5. The number of amides is 1. The number of fused-ring (bicyclic) bond motifs is 1. The molecule has 0 radical (unpaired) electrons. The number of hydrogen-bond acceptors (Lipinski definition) is 4. The summed E-state index contributed by atoms with van der Waals surface area (Å²) >= 11 is 5.78. The molecule has 2 atom stereocenters. The number of hydrogen-bond donors (Lipinski definition) is 2. The first-order chi connectivity index (χ1) is 13.1. The molecule has 0 saturated carbocycles. The number of nitrogens with zero attached hydrogens (tertiary/aromatic N) is 2. The van der Waals surface area contributed by atoms with Crippen LogP contribution in [-0.2, 0) is 4.79 Å². The van der Waals surface area contributed by atoms with Gasteiger partial charge in [-0.25, -0.2) is 5.01 Å². The van der Waals surface area contributed by atoms with Crippen molar-refractivity contribution in [3.05, 3.63) is 65.9 Å². The van der Waals surface area contributed by atoms with Gasteiger partial charge >= 0.3 is 0 Å². The minimum Gasteiger partial charge on any atom is -0.497 e. The molecule has 1 amide bonds. The Morgan fingerprint density at radius 3 is 2.70 bits per heavy atom. The normalized spacial score (nSPS) is 19.4. The molecule has 6 nitrogen and oxygen atoms in total. The van der Waals surface area contributed by atoms with Gasteiger partial charge in [0, 0.05) is 22.7 Å². The molecular weight excluding hydrogens is 366 g/mol. The Kier molecular flexibility index (Phi) is 4.59. The van der Waals surface area contributed by atoms with Crippen LogP contribution in [0.5, 0.6) is 5.75 Å². The van der Waals surface area contributed by atoms with E-state index in [1.165, 1.54) is 5.01 Å². The molecule has 0 spiro atoms. The molecule has 1 aromatic heterocycles. The topological polar surface area (TPSA) is 77.9 Å². The molecule has 7 heteroatoms. The second-order valence-corrected chi connectivity index (χ2v) is 6.54. The molecule has 0 unspecified atom stereocenters. The first-order valence-electron chi connectivity index (χ1n) is 8.49. The number of para-hydroxylation sites is 1. The quantitative estimate of drug-likeness (QED) is 0.680. The van der Waals surface area contributed by atoms with Crippen molar-refractivity contribution in [2.45, 2.75) is 12.1 Å². The van der Waals surface area contributed by atoms with E-state index >= 15 is 0 Å². The Bertz CT molecular complexity index is 1010. The van der Waals surface area contributed by atoms with Crippen LogP contribution >= 0.6 is 11.6 Å². The second-order valence-electron chi connectivity index (χ2n) is 6.27. The number of aromatic nitrogens is 1. The number of methoxy groups -OCH3 is 1. The lowest BCUT2D eigenvalue weighted by molar-refractivity contribution is -0.131. The third-order valence-electron chi connectivity index (χ3n) is 4.75. The van der Waals surface area contributed by atoms with Crippen molar-refractivity contribution < 1.29 is 14.6 Å². The molecule has 138 valence electrons. The fourth-order valence-electron chi connectivity index (χ4n) is 3.41. The molecule has 1 aliphatic rings. The predicted molar refractivity (Wildman–Crippen MR) is 104 cm³/mol. The first kappa shape index (κ1) is 17.6. The Morgan fingerprint density at radius 1 is 1.26 bits per heavy atom. The number of carbonyl (C=O) groups excluding carboxylic acids is 1. The summed E-state index contributed by atoms with van der Waals surface area (Å²) in [7, 11) is 1.58. The Morgan fingerprint density at radius 2 is 2.00 bits per heavy atom. The number of aliphatic hydroxyl groups excluding tert-OH is 1. The van der Waals surface area contributed by atoms with Crippen LogP contribution in [0.4, 0.5) is 0 Å². The number of H-pyrrole nitrogens is 1. The summed E-state index contributed by atoms with van der Waals surface area (Å²) in [6.07, 6.45) is 0.816. The van der Waals surface area contributed by atoms with Gasteiger partial charge in [0.05, 0.1) is 7.11 Å². The maximum Gasteiger partial charge on any atom is 0.258 e. The van der Waals surface area contributed by atoms with Crippen LogP contribution in [-0.4, -0.2) is 45.8 Å². The summed E-state index contributed by atoms with van der Waals surface area (Å²) in [5.41, 5.74) is 2.89.